The van der Waals surface area contributed by atoms with E-state index in [4.69, 9.17) is 0 Å². The zero-order valence-electron chi connectivity index (χ0n) is 19.8. The van der Waals surface area contributed by atoms with Gasteiger partial charge in [-0.05, 0) is 36.0 Å². The molecule has 182 valence electrons. The number of rotatable bonds is 12. The van der Waals surface area contributed by atoms with Crippen molar-refractivity contribution in [2.75, 3.05) is 0 Å². The third-order valence-electron chi connectivity index (χ3n) is 5.07. The number of pyridine rings is 1. The average Bonchev–Trinajstić information content (AvgIpc) is 2.84. The first kappa shape index (κ1) is 26.5. The maximum absolute atomic E-state index is 12.9. The second kappa shape index (κ2) is 13.7. The van der Waals surface area contributed by atoms with Gasteiger partial charge in [0.05, 0.1) is 6.04 Å². The van der Waals surface area contributed by atoms with Gasteiger partial charge in [-0.2, -0.15) is 0 Å². The summed E-state index contributed by atoms with van der Waals surface area (Å²) >= 11 is 0. The van der Waals surface area contributed by atoms with Gasteiger partial charge in [-0.3, -0.25) is 19.4 Å². The molecular weight excluding hydrogens is 434 g/mol. The van der Waals surface area contributed by atoms with E-state index in [1.54, 1.807) is 31.5 Å². The molecule has 2 atom stereocenters. The Bertz CT molecular complexity index is 950. The van der Waals surface area contributed by atoms with Gasteiger partial charge in [0.25, 0.3) is 5.91 Å². The highest BCUT2D eigenvalue weighted by molar-refractivity contribution is 6.38. The summed E-state index contributed by atoms with van der Waals surface area (Å²) in [6.45, 7) is 6.03. The van der Waals surface area contributed by atoms with Crippen LogP contribution in [0.2, 0.25) is 0 Å². The van der Waals surface area contributed by atoms with E-state index < -0.39 is 35.7 Å². The van der Waals surface area contributed by atoms with Crippen LogP contribution < -0.4 is 21.3 Å². The summed E-state index contributed by atoms with van der Waals surface area (Å²) in [6, 6.07) is 10.6. The zero-order valence-corrected chi connectivity index (χ0v) is 19.8. The largest absolute Gasteiger partial charge is 0.345 e. The van der Waals surface area contributed by atoms with Crippen molar-refractivity contribution in [2.45, 2.75) is 58.8 Å². The number of nitrogens with one attached hydrogen (secondary N) is 4. The number of ketones is 1. The van der Waals surface area contributed by atoms with E-state index in [1.165, 1.54) is 0 Å². The summed E-state index contributed by atoms with van der Waals surface area (Å²) < 4.78 is 0. The summed E-state index contributed by atoms with van der Waals surface area (Å²) in [5, 5.41) is 10.6. The monoisotopic (exact) mass is 467 g/mol. The Kier molecular flexibility index (Phi) is 10.7. The van der Waals surface area contributed by atoms with Crippen molar-refractivity contribution in [1.82, 2.24) is 26.3 Å². The van der Waals surface area contributed by atoms with E-state index in [2.05, 4.69) is 26.3 Å². The van der Waals surface area contributed by atoms with Crippen molar-refractivity contribution < 1.29 is 19.2 Å². The maximum atomic E-state index is 12.9. The van der Waals surface area contributed by atoms with E-state index in [9.17, 15) is 19.2 Å². The van der Waals surface area contributed by atoms with Crippen molar-refractivity contribution in [3.63, 3.8) is 0 Å². The normalized spacial score (nSPS) is 12.4. The number of hydrogen-bond acceptors (Lipinski definition) is 5. The molecule has 1 aromatic heterocycles. The quantitative estimate of drug-likeness (QED) is 0.355. The molecule has 1 unspecified atom stereocenters. The molecule has 4 N–H and O–H groups in total. The topological polar surface area (TPSA) is 129 Å². The summed E-state index contributed by atoms with van der Waals surface area (Å²) in [4.78, 5) is 54.2. The van der Waals surface area contributed by atoms with Gasteiger partial charge in [0.2, 0.25) is 11.7 Å². The minimum Gasteiger partial charge on any atom is -0.345 e. The zero-order chi connectivity index (χ0) is 24.9. The number of hydrogen-bond donors (Lipinski definition) is 4. The summed E-state index contributed by atoms with van der Waals surface area (Å²) in [5.74, 6) is -1.92. The van der Waals surface area contributed by atoms with Crippen molar-refractivity contribution in [2.24, 2.45) is 5.92 Å². The Labute approximate surface area is 200 Å². The van der Waals surface area contributed by atoms with E-state index in [1.807, 2.05) is 44.2 Å². The lowest BCUT2D eigenvalue weighted by Gasteiger charge is -2.23. The first-order valence-electron chi connectivity index (χ1n) is 11.4. The fourth-order valence-corrected chi connectivity index (χ4v) is 3.25. The highest BCUT2D eigenvalue weighted by Gasteiger charge is 2.29. The Morgan fingerprint density at radius 3 is 2.15 bits per heavy atom. The molecule has 34 heavy (non-hydrogen) atoms. The summed E-state index contributed by atoms with van der Waals surface area (Å²) in [6.07, 6.45) is 3.82. The highest BCUT2D eigenvalue weighted by Crippen LogP contribution is 2.07. The van der Waals surface area contributed by atoms with Crippen LogP contribution in [0.15, 0.2) is 54.9 Å². The Hall–Kier alpha value is -3.75. The molecule has 9 heteroatoms. The van der Waals surface area contributed by atoms with Crippen molar-refractivity contribution in [1.29, 1.82) is 0 Å². The second-order valence-electron chi connectivity index (χ2n) is 8.37. The highest BCUT2D eigenvalue weighted by atomic mass is 16.2. The van der Waals surface area contributed by atoms with Crippen LogP contribution in [-0.2, 0) is 27.5 Å². The van der Waals surface area contributed by atoms with Gasteiger partial charge in [-0.15, -0.1) is 0 Å². The number of aromatic nitrogens is 1. The molecule has 0 bridgehead atoms. The maximum Gasteiger partial charge on any atom is 0.315 e. The van der Waals surface area contributed by atoms with Crippen LogP contribution in [0, 0.1) is 5.92 Å². The molecule has 0 aliphatic heterocycles. The molecule has 0 fully saturated rings. The molecule has 0 saturated carbocycles. The SMILES string of the molecule is CCC(NC(=O)[C@H](CC(C)C)NC(=O)NCc1ccccc1)C(=O)C(=O)NCc1cccnc1. The fourth-order valence-electron chi connectivity index (χ4n) is 3.25. The van der Waals surface area contributed by atoms with E-state index >= 15 is 0 Å². The van der Waals surface area contributed by atoms with Gasteiger partial charge >= 0.3 is 6.03 Å². The fraction of sp³-hybridized carbons (Fsp3) is 0.400. The van der Waals surface area contributed by atoms with Gasteiger partial charge in [0.1, 0.15) is 6.04 Å². The van der Waals surface area contributed by atoms with Crippen LogP contribution in [0.4, 0.5) is 4.79 Å². The summed E-state index contributed by atoms with van der Waals surface area (Å²) in [7, 11) is 0. The van der Waals surface area contributed by atoms with Gasteiger partial charge in [0.15, 0.2) is 0 Å². The van der Waals surface area contributed by atoms with E-state index in [0.717, 1.165) is 11.1 Å². The molecule has 0 spiro atoms. The number of benzene rings is 1. The predicted molar refractivity (Wildman–Crippen MR) is 128 cm³/mol. The smallest absolute Gasteiger partial charge is 0.315 e. The first-order chi connectivity index (χ1) is 16.3. The molecule has 4 amide bonds. The lowest BCUT2D eigenvalue weighted by atomic mass is 10.0. The van der Waals surface area contributed by atoms with Crippen LogP contribution >= 0.6 is 0 Å². The number of urea groups is 1. The van der Waals surface area contributed by atoms with Crippen LogP contribution in [0.25, 0.3) is 0 Å². The van der Waals surface area contributed by atoms with Crippen LogP contribution in [0.1, 0.15) is 44.7 Å². The Morgan fingerprint density at radius 1 is 0.853 bits per heavy atom. The number of Topliss-reactive ketones (excluding diaryl/α,β-unsaturated/α-hetero) is 1. The molecule has 0 saturated heterocycles. The number of nitrogens with zero attached hydrogens (tertiary/aromatic N) is 1. The number of amides is 4. The minimum atomic E-state index is -0.995. The van der Waals surface area contributed by atoms with E-state index in [0.29, 0.717) is 13.0 Å². The summed E-state index contributed by atoms with van der Waals surface area (Å²) in [5.41, 5.74) is 1.68. The lowest BCUT2D eigenvalue weighted by molar-refractivity contribution is -0.140. The minimum absolute atomic E-state index is 0.115. The van der Waals surface area contributed by atoms with Crippen LogP contribution in [0.5, 0.6) is 0 Å². The van der Waals surface area contributed by atoms with Gasteiger partial charge in [0, 0.05) is 25.5 Å². The average molecular weight is 468 g/mol. The van der Waals surface area contributed by atoms with Gasteiger partial charge in [-0.1, -0.05) is 57.2 Å². The molecule has 0 aliphatic rings. The predicted octanol–water partition coefficient (Wildman–Crippen LogP) is 2.08. The molecular formula is C25H33N5O4. The molecule has 0 radical (unpaired) electrons. The number of carbonyl (C=O) groups is 4. The number of carbonyl (C=O) groups excluding carboxylic acids is 4. The second-order valence-corrected chi connectivity index (χ2v) is 8.37. The van der Waals surface area contributed by atoms with Crippen molar-refractivity contribution in [3.8, 4) is 0 Å². The molecule has 9 nitrogen and oxygen atoms in total. The molecule has 0 aliphatic carbocycles. The molecule has 1 aromatic carbocycles. The molecule has 2 rings (SSSR count). The van der Waals surface area contributed by atoms with E-state index in [-0.39, 0.29) is 18.9 Å². The molecule has 1 heterocycles. The van der Waals surface area contributed by atoms with Crippen LogP contribution in [0.3, 0.4) is 0 Å². The Morgan fingerprint density at radius 2 is 1.53 bits per heavy atom. The van der Waals surface area contributed by atoms with Gasteiger partial charge in [-0.25, -0.2) is 4.79 Å². The first-order valence-corrected chi connectivity index (χ1v) is 11.4. The third kappa shape index (κ3) is 9.01. The van der Waals surface area contributed by atoms with Crippen LogP contribution in [-0.4, -0.2) is 40.7 Å². The third-order valence-corrected chi connectivity index (χ3v) is 5.07. The van der Waals surface area contributed by atoms with Crippen molar-refractivity contribution >= 4 is 23.6 Å². The van der Waals surface area contributed by atoms with Gasteiger partial charge < -0.3 is 21.3 Å². The van der Waals surface area contributed by atoms with Crippen molar-refractivity contribution in [3.05, 3.63) is 66.0 Å². The lowest BCUT2D eigenvalue weighted by Crippen LogP contribution is -2.55. The molecule has 2 aromatic rings. The standard InChI is InChI=1S/C25H33N5O4/c1-4-20(22(31)24(33)27-16-19-11-8-12-26-14-19)29-23(32)21(13-17(2)3)30-25(34)28-15-18-9-6-5-7-10-18/h5-12,14,17,20-21H,4,13,15-16H2,1-3H3,(H,27,33)(H,29,32)(H2,28,30,34)/t20?,21-/m0/s1. The Balaban J connectivity index is 1.93.